The van der Waals surface area contributed by atoms with Crippen molar-refractivity contribution >= 4 is 36.1 Å². The third-order valence-corrected chi connectivity index (χ3v) is 10.1. The van der Waals surface area contributed by atoms with Crippen LogP contribution in [-0.4, -0.2) is 136 Å². The van der Waals surface area contributed by atoms with E-state index in [2.05, 4.69) is 44.4 Å². The number of ether oxygens (including phenoxy) is 2. The number of hydrogen-bond donors (Lipinski definition) is 3. The zero-order valence-electron chi connectivity index (χ0n) is 31.3. The van der Waals surface area contributed by atoms with E-state index in [0.29, 0.717) is 18.3 Å². The summed E-state index contributed by atoms with van der Waals surface area (Å²) < 4.78 is 9.96. The number of methoxy groups -OCH3 is 1. The Balaban J connectivity index is 0.000000280. The average molecular weight is 745 g/mol. The van der Waals surface area contributed by atoms with E-state index in [1.165, 1.54) is 12.8 Å². The van der Waals surface area contributed by atoms with Crippen molar-refractivity contribution in [1.82, 2.24) is 30.3 Å². The van der Waals surface area contributed by atoms with Gasteiger partial charge >= 0.3 is 12.1 Å². The molecule has 2 aromatic rings. The van der Waals surface area contributed by atoms with Gasteiger partial charge in [0.1, 0.15) is 12.6 Å². The molecule has 0 spiro atoms. The first kappa shape index (κ1) is 42.9. The van der Waals surface area contributed by atoms with Crippen molar-refractivity contribution in [3.8, 4) is 0 Å². The molecule has 0 unspecified atom stereocenters. The number of piperazine rings is 1. The van der Waals surface area contributed by atoms with Crippen molar-refractivity contribution in [3.05, 3.63) is 60.4 Å². The molecule has 0 bridgehead atoms. The normalized spacial score (nSPS) is 18.3. The molecule has 0 radical (unpaired) electrons. The molecule has 52 heavy (non-hydrogen) atoms. The van der Waals surface area contributed by atoms with Crippen molar-refractivity contribution in [2.24, 2.45) is 17.6 Å². The van der Waals surface area contributed by atoms with Crippen LogP contribution in [0, 0.1) is 11.8 Å². The van der Waals surface area contributed by atoms with Crippen LogP contribution in [0.4, 0.5) is 10.5 Å². The van der Waals surface area contributed by atoms with Crippen LogP contribution in [0.3, 0.4) is 0 Å². The van der Waals surface area contributed by atoms with Crippen LogP contribution in [0.15, 0.2) is 54.9 Å². The summed E-state index contributed by atoms with van der Waals surface area (Å²) in [5.41, 5.74) is 8.40. The molecule has 0 aliphatic carbocycles. The molecule has 3 aliphatic rings. The fraction of sp³-hybridized carbons (Fsp3) is 0.632. The Morgan fingerprint density at radius 3 is 2.17 bits per heavy atom. The Labute approximate surface area is 316 Å². The number of aromatic nitrogens is 1. The number of nitrogens with one attached hydrogen (secondary N) is 2. The molecule has 0 saturated carbocycles. The Morgan fingerprint density at radius 1 is 0.923 bits per heavy atom. The SMILES string of the molecule is CN(C)CCN1CCC(C[C@H](N)C(=O)N2CCN(c3ccncc3)CC2)CC1.COC(=O)[C@H](CC1CCNCC1)NC(=O)OCc1ccccc1.Cl. The molecule has 2 amide bonds. The minimum atomic E-state index is -0.661. The van der Waals surface area contributed by atoms with Crippen LogP contribution in [-0.2, 0) is 25.7 Å². The Morgan fingerprint density at radius 2 is 1.56 bits per heavy atom. The lowest BCUT2D eigenvalue weighted by molar-refractivity contribution is -0.143. The molecular formula is C38H61ClN8O5. The van der Waals surface area contributed by atoms with Crippen LogP contribution in [0.1, 0.15) is 44.1 Å². The fourth-order valence-electron chi connectivity index (χ4n) is 6.94. The van der Waals surface area contributed by atoms with Crippen molar-refractivity contribution in [1.29, 1.82) is 0 Å². The van der Waals surface area contributed by atoms with Crippen LogP contribution in [0.25, 0.3) is 0 Å². The van der Waals surface area contributed by atoms with Gasteiger partial charge in [0.2, 0.25) is 5.91 Å². The smallest absolute Gasteiger partial charge is 0.408 e. The van der Waals surface area contributed by atoms with Gasteiger partial charge in [-0.25, -0.2) is 9.59 Å². The van der Waals surface area contributed by atoms with Crippen LogP contribution in [0.2, 0.25) is 0 Å². The third-order valence-electron chi connectivity index (χ3n) is 10.1. The summed E-state index contributed by atoms with van der Waals surface area (Å²) in [5.74, 6) is 0.673. The van der Waals surface area contributed by atoms with E-state index in [9.17, 15) is 14.4 Å². The number of nitrogens with two attached hydrogens (primary N) is 1. The van der Waals surface area contributed by atoms with E-state index in [1.54, 1.807) is 0 Å². The zero-order chi connectivity index (χ0) is 36.4. The average Bonchev–Trinajstić information content (AvgIpc) is 3.17. The number of benzene rings is 1. The number of rotatable bonds is 13. The number of nitrogens with zero attached hydrogens (tertiary/aromatic N) is 5. The lowest BCUT2D eigenvalue weighted by Gasteiger charge is -2.38. The predicted molar refractivity (Wildman–Crippen MR) is 206 cm³/mol. The summed E-state index contributed by atoms with van der Waals surface area (Å²) in [4.78, 5) is 49.7. The number of hydrogen-bond acceptors (Lipinski definition) is 11. The molecule has 5 rings (SSSR count). The number of carbonyl (C=O) groups excluding carboxylic acids is 3. The van der Waals surface area contributed by atoms with Gasteiger partial charge in [-0.3, -0.25) is 9.78 Å². The quantitative estimate of drug-likeness (QED) is 0.261. The summed E-state index contributed by atoms with van der Waals surface area (Å²) in [7, 11) is 5.57. The number of carbonyl (C=O) groups is 3. The number of esters is 1. The second-order valence-electron chi connectivity index (χ2n) is 14.2. The highest BCUT2D eigenvalue weighted by Crippen LogP contribution is 2.23. The van der Waals surface area contributed by atoms with Gasteiger partial charge in [-0.05, 0) is 108 Å². The van der Waals surface area contributed by atoms with E-state index < -0.39 is 18.1 Å². The maximum atomic E-state index is 12.8. The molecule has 3 fully saturated rings. The lowest BCUT2D eigenvalue weighted by atomic mass is 9.90. The van der Waals surface area contributed by atoms with Gasteiger partial charge in [0.05, 0.1) is 13.2 Å². The first-order valence-electron chi connectivity index (χ1n) is 18.5. The van der Waals surface area contributed by atoms with Crippen LogP contribution < -0.4 is 21.3 Å². The topological polar surface area (TPSA) is 146 Å². The summed E-state index contributed by atoms with van der Waals surface area (Å²) in [5, 5.41) is 5.91. The summed E-state index contributed by atoms with van der Waals surface area (Å²) >= 11 is 0. The number of likely N-dealkylation sites (tertiary alicyclic amines) is 1. The molecule has 3 aliphatic heterocycles. The lowest BCUT2D eigenvalue weighted by Crippen LogP contribution is -2.53. The second kappa shape index (κ2) is 23.2. The van der Waals surface area contributed by atoms with Gasteiger partial charge in [-0.15, -0.1) is 12.4 Å². The van der Waals surface area contributed by atoms with Gasteiger partial charge in [0.25, 0.3) is 0 Å². The van der Waals surface area contributed by atoms with Gasteiger partial charge in [0, 0.05) is 57.3 Å². The maximum absolute atomic E-state index is 12.8. The zero-order valence-corrected chi connectivity index (χ0v) is 32.1. The molecule has 14 heteroatoms. The summed E-state index contributed by atoms with van der Waals surface area (Å²) in [6.07, 6.45) is 8.73. The first-order chi connectivity index (χ1) is 24.7. The number of anilines is 1. The Kier molecular flexibility index (Phi) is 19.2. The van der Waals surface area contributed by atoms with E-state index in [1.807, 2.05) is 59.8 Å². The van der Waals surface area contributed by atoms with Crippen molar-refractivity contribution < 1.29 is 23.9 Å². The molecule has 1 aromatic carbocycles. The van der Waals surface area contributed by atoms with Gasteiger partial charge in [-0.2, -0.15) is 0 Å². The van der Waals surface area contributed by atoms with Crippen LogP contribution >= 0.6 is 12.4 Å². The van der Waals surface area contributed by atoms with Crippen molar-refractivity contribution in [2.45, 2.75) is 57.2 Å². The minimum Gasteiger partial charge on any atom is -0.467 e. The molecule has 4 heterocycles. The molecular weight excluding hydrogens is 684 g/mol. The number of amides is 2. The van der Waals surface area contributed by atoms with E-state index in [0.717, 1.165) is 103 Å². The number of pyridine rings is 1. The highest BCUT2D eigenvalue weighted by Gasteiger charge is 2.29. The van der Waals surface area contributed by atoms with E-state index in [-0.39, 0.29) is 31.0 Å². The molecule has 2 atom stereocenters. The number of alkyl carbamates (subject to hydrolysis) is 1. The highest BCUT2D eigenvalue weighted by atomic mass is 35.5. The monoisotopic (exact) mass is 744 g/mol. The van der Waals surface area contributed by atoms with Gasteiger partial charge in [-0.1, -0.05) is 30.3 Å². The van der Waals surface area contributed by atoms with E-state index >= 15 is 0 Å². The number of piperidine rings is 2. The number of likely N-dealkylation sites (N-methyl/N-ethyl adjacent to an activating group) is 1. The molecule has 1 aromatic heterocycles. The van der Waals surface area contributed by atoms with Crippen molar-refractivity contribution in [3.63, 3.8) is 0 Å². The number of halogens is 1. The predicted octanol–water partition coefficient (Wildman–Crippen LogP) is 2.99. The van der Waals surface area contributed by atoms with Gasteiger partial charge < -0.3 is 45.4 Å². The molecule has 4 N–H and O–H groups in total. The van der Waals surface area contributed by atoms with Crippen molar-refractivity contribution in [2.75, 3.05) is 91.6 Å². The molecule has 3 saturated heterocycles. The van der Waals surface area contributed by atoms with Gasteiger partial charge in [0.15, 0.2) is 0 Å². The summed E-state index contributed by atoms with van der Waals surface area (Å²) in [6.45, 7) is 9.76. The Bertz CT molecular complexity index is 1310. The van der Waals surface area contributed by atoms with Crippen LogP contribution in [0.5, 0.6) is 0 Å². The first-order valence-corrected chi connectivity index (χ1v) is 18.5. The van der Waals surface area contributed by atoms with E-state index in [4.69, 9.17) is 15.2 Å². The second-order valence-corrected chi connectivity index (χ2v) is 14.2. The highest BCUT2D eigenvalue weighted by molar-refractivity contribution is 5.85. The standard InChI is InChI=1S/C21H36N6O.C17H24N2O4.ClH/c1-24(2)11-12-25-9-5-18(6-10-25)17-20(22)21(28)27-15-13-26(14-16-27)19-3-7-23-8-4-19;1-22-16(20)15(11-13-7-9-18-10-8-13)19-17(21)23-12-14-5-3-2-4-6-14;/h3-4,7-8,18,20H,5-6,9-17,22H2,1-2H3;2-6,13,15,18H,7-12H2,1H3,(H,19,21);1H/t20-;15-;/m00./s1. The maximum Gasteiger partial charge on any atom is 0.408 e. The largest absolute Gasteiger partial charge is 0.467 e. The Hall–Kier alpha value is -3.49. The molecule has 290 valence electrons. The summed E-state index contributed by atoms with van der Waals surface area (Å²) in [6, 6.07) is 12.4. The molecule has 13 nitrogen and oxygen atoms in total. The fourth-order valence-corrected chi connectivity index (χ4v) is 6.94. The minimum absolute atomic E-state index is 0. The third kappa shape index (κ3) is 14.9.